The van der Waals surface area contributed by atoms with Gasteiger partial charge in [-0.3, -0.25) is 19.3 Å². The van der Waals surface area contributed by atoms with E-state index < -0.39 is 11.6 Å². The normalized spacial score (nSPS) is 16.4. The van der Waals surface area contributed by atoms with Gasteiger partial charge in [0.1, 0.15) is 5.82 Å². The van der Waals surface area contributed by atoms with Crippen molar-refractivity contribution in [2.45, 2.75) is 25.7 Å². The van der Waals surface area contributed by atoms with Crippen molar-refractivity contribution < 1.29 is 18.8 Å². The topological polar surface area (TPSA) is 54.5 Å². The van der Waals surface area contributed by atoms with E-state index in [1.54, 1.807) is 6.07 Å². The summed E-state index contributed by atoms with van der Waals surface area (Å²) in [6.45, 7) is -0.376. The molecule has 2 amide bonds. The lowest BCUT2D eigenvalue weighted by molar-refractivity contribution is -0.143. The van der Waals surface area contributed by atoms with Gasteiger partial charge in [0.25, 0.3) is 0 Å². The van der Waals surface area contributed by atoms with Gasteiger partial charge in [-0.15, -0.1) is 0 Å². The van der Waals surface area contributed by atoms with E-state index in [4.69, 9.17) is 0 Å². The van der Waals surface area contributed by atoms with E-state index in [9.17, 15) is 18.8 Å². The van der Waals surface area contributed by atoms with Crippen molar-refractivity contribution in [1.29, 1.82) is 0 Å². The van der Waals surface area contributed by atoms with E-state index in [1.165, 1.54) is 18.2 Å². The summed E-state index contributed by atoms with van der Waals surface area (Å²) in [6, 6.07) is 5.56. The number of amides is 2. The van der Waals surface area contributed by atoms with E-state index in [1.807, 2.05) is 0 Å². The molecule has 1 aromatic carbocycles. The van der Waals surface area contributed by atoms with Crippen LogP contribution in [0.4, 0.5) is 4.39 Å². The number of nitrogens with zero attached hydrogens (tertiary/aromatic N) is 1. The molecule has 0 bridgehead atoms. The van der Waals surface area contributed by atoms with Crippen molar-refractivity contribution in [3.63, 3.8) is 0 Å². The molecule has 0 radical (unpaired) electrons. The Labute approximate surface area is 110 Å². The highest BCUT2D eigenvalue weighted by molar-refractivity contribution is 6.04. The lowest BCUT2D eigenvalue weighted by Crippen LogP contribution is -2.39. The molecule has 1 aromatic rings. The fourth-order valence-electron chi connectivity index (χ4n) is 2.05. The molecule has 0 aromatic heterocycles. The molecule has 1 aliphatic rings. The fraction of sp³-hybridized carbons (Fsp3) is 0.357. The maximum Gasteiger partial charge on any atom is 0.229 e. The van der Waals surface area contributed by atoms with Crippen LogP contribution < -0.4 is 0 Å². The van der Waals surface area contributed by atoms with Crippen LogP contribution in [-0.4, -0.2) is 29.0 Å². The molecule has 0 atom stereocenters. The van der Waals surface area contributed by atoms with Gasteiger partial charge in [0.05, 0.1) is 12.1 Å². The lowest BCUT2D eigenvalue weighted by atomic mass is 10.1. The molecular formula is C14H14FNO3. The average molecular weight is 263 g/mol. The number of imide groups is 1. The third kappa shape index (κ3) is 3.05. The summed E-state index contributed by atoms with van der Waals surface area (Å²) in [7, 11) is 0. The molecule has 5 heteroatoms. The smallest absolute Gasteiger partial charge is 0.229 e. The highest BCUT2D eigenvalue weighted by Crippen LogP contribution is 2.14. The summed E-state index contributed by atoms with van der Waals surface area (Å²) in [5.41, 5.74) is -0.0904. The standard InChI is InChI=1S/C14H14FNO3/c15-11-6-2-1-5-10(11)12(17)9-16-13(18)7-3-4-8-14(16)19/h1-2,5-6H,3-4,7-9H2. The van der Waals surface area contributed by atoms with Gasteiger partial charge in [-0.25, -0.2) is 4.39 Å². The molecular weight excluding hydrogens is 249 g/mol. The zero-order chi connectivity index (χ0) is 13.8. The van der Waals surface area contributed by atoms with Crippen molar-refractivity contribution in [2.75, 3.05) is 6.54 Å². The van der Waals surface area contributed by atoms with Gasteiger partial charge < -0.3 is 0 Å². The quantitative estimate of drug-likeness (QED) is 0.618. The van der Waals surface area contributed by atoms with Gasteiger partial charge in [-0.2, -0.15) is 0 Å². The van der Waals surface area contributed by atoms with Crippen LogP contribution in [0.25, 0.3) is 0 Å². The minimum atomic E-state index is -0.637. The van der Waals surface area contributed by atoms with Gasteiger partial charge in [-0.05, 0) is 25.0 Å². The monoisotopic (exact) mass is 263 g/mol. The van der Waals surface area contributed by atoms with Crippen LogP contribution in [0.5, 0.6) is 0 Å². The van der Waals surface area contributed by atoms with Crippen molar-refractivity contribution in [3.8, 4) is 0 Å². The molecule has 1 heterocycles. The molecule has 0 unspecified atom stereocenters. The molecule has 1 fully saturated rings. The van der Waals surface area contributed by atoms with E-state index in [2.05, 4.69) is 0 Å². The number of halogens is 1. The lowest BCUT2D eigenvalue weighted by Gasteiger charge is -2.17. The first-order chi connectivity index (χ1) is 9.09. The Morgan fingerprint density at radius 2 is 1.68 bits per heavy atom. The second kappa shape index (κ2) is 5.73. The number of benzene rings is 1. The van der Waals surface area contributed by atoms with E-state index >= 15 is 0 Å². The molecule has 100 valence electrons. The maximum absolute atomic E-state index is 13.5. The Morgan fingerprint density at radius 3 is 2.26 bits per heavy atom. The highest BCUT2D eigenvalue weighted by atomic mass is 19.1. The van der Waals surface area contributed by atoms with Gasteiger partial charge >= 0.3 is 0 Å². The first-order valence-electron chi connectivity index (χ1n) is 6.20. The number of hydrogen-bond donors (Lipinski definition) is 0. The molecule has 19 heavy (non-hydrogen) atoms. The van der Waals surface area contributed by atoms with Gasteiger partial charge in [0, 0.05) is 12.8 Å². The summed E-state index contributed by atoms with van der Waals surface area (Å²) in [4.78, 5) is 36.4. The van der Waals surface area contributed by atoms with Gasteiger partial charge in [-0.1, -0.05) is 12.1 Å². The first kappa shape index (κ1) is 13.4. The minimum absolute atomic E-state index is 0.0904. The van der Waals surface area contributed by atoms with Crippen molar-refractivity contribution in [2.24, 2.45) is 0 Å². The minimum Gasteiger partial charge on any atom is -0.292 e. The molecule has 0 spiro atoms. The third-order valence-corrected chi connectivity index (χ3v) is 3.11. The predicted molar refractivity (Wildman–Crippen MR) is 65.9 cm³/mol. The zero-order valence-corrected chi connectivity index (χ0v) is 10.4. The Bertz CT molecular complexity index is 509. The molecule has 1 saturated heterocycles. The summed E-state index contributed by atoms with van der Waals surface area (Å²) in [5.74, 6) is -1.90. The number of likely N-dealkylation sites (tertiary alicyclic amines) is 1. The Morgan fingerprint density at radius 1 is 1.11 bits per heavy atom. The second-order valence-electron chi connectivity index (χ2n) is 4.48. The highest BCUT2D eigenvalue weighted by Gasteiger charge is 2.27. The number of hydrogen-bond acceptors (Lipinski definition) is 3. The SMILES string of the molecule is O=C(CN1C(=O)CCCCC1=O)c1ccccc1F. The summed E-state index contributed by atoms with van der Waals surface area (Å²) in [5, 5.41) is 0. The second-order valence-corrected chi connectivity index (χ2v) is 4.48. The fourth-order valence-corrected chi connectivity index (χ4v) is 2.05. The van der Waals surface area contributed by atoms with Crippen molar-refractivity contribution >= 4 is 17.6 Å². The van der Waals surface area contributed by atoms with Crippen molar-refractivity contribution in [1.82, 2.24) is 4.90 Å². The first-order valence-corrected chi connectivity index (χ1v) is 6.20. The summed E-state index contributed by atoms with van der Waals surface area (Å²) >= 11 is 0. The van der Waals surface area contributed by atoms with Crippen LogP contribution in [0.15, 0.2) is 24.3 Å². The molecule has 0 aliphatic carbocycles. The third-order valence-electron chi connectivity index (χ3n) is 3.11. The Hall–Kier alpha value is -2.04. The molecule has 0 saturated carbocycles. The van der Waals surface area contributed by atoms with Crippen LogP contribution in [0.1, 0.15) is 36.0 Å². The number of carbonyl (C=O) groups excluding carboxylic acids is 3. The summed E-state index contributed by atoms with van der Waals surface area (Å²) in [6.07, 6.45) is 1.82. The zero-order valence-electron chi connectivity index (χ0n) is 10.4. The number of carbonyl (C=O) groups is 3. The molecule has 4 nitrogen and oxygen atoms in total. The Balaban J connectivity index is 2.15. The van der Waals surface area contributed by atoms with Gasteiger partial charge in [0.15, 0.2) is 5.78 Å². The number of Topliss-reactive ketones (excluding diaryl/α,β-unsaturated/α-hetero) is 1. The van der Waals surface area contributed by atoms with E-state index in [-0.39, 0.29) is 36.8 Å². The largest absolute Gasteiger partial charge is 0.292 e. The summed E-state index contributed by atoms with van der Waals surface area (Å²) < 4.78 is 13.5. The van der Waals surface area contributed by atoms with Crippen molar-refractivity contribution in [3.05, 3.63) is 35.6 Å². The number of ketones is 1. The van der Waals surface area contributed by atoms with Crippen LogP contribution in [0.2, 0.25) is 0 Å². The van der Waals surface area contributed by atoms with E-state index in [0.29, 0.717) is 12.8 Å². The van der Waals surface area contributed by atoms with Crippen LogP contribution >= 0.6 is 0 Å². The molecule has 1 aliphatic heterocycles. The number of rotatable bonds is 3. The van der Waals surface area contributed by atoms with Crippen LogP contribution in [0, 0.1) is 5.82 Å². The van der Waals surface area contributed by atoms with Crippen LogP contribution in [0.3, 0.4) is 0 Å². The predicted octanol–water partition coefficient (Wildman–Crippen LogP) is 1.94. The van der Waals surface area contributed by atoms with E-state index in [0.717, 1.165) is 4.90 Å². The molecule has 0 N–H and O–H groups in total. The Kier molecular flexibility index (Phi) is 4.04. The average Bonchev–Trinajstić information content (AvgIpc) is 2.54. The van der Waals surface area contributed by atoms with Crippen LogP contribution in [-0.2, 0) is 9.59 Å². The molecule has 2 rings (SSSR count). The van der Waals surface area contributed by atoms with Gasteiger partial charge in [0.2, 0.25) is 11.8 Å². The maximum atomic E-state index is 13.5.